The first-order valence-corrected chi connectivity index (χ1v) is 11.8. The Morgan fingerprint density at radius 1 is 1.04 bits per heavy atom. The molecule has 4 heteroatoms. The van der Waals surface area contributed by atoms with E-state index >= 15 is 0 Å². The van der Waals surface area contributed by atoms with Crippen molar-refractivity contribution in [1.29, 1.82) is 0 Å². The molecular formula is C24H40O4. The van der Waals surface area contributed by atoms with Crippen LogP contribution in [0.3, 0.4) is 0 Å². The maximum Gasteiger partial charge on any atom is 0.303 e. The van der Waals surface area contributed by atoms with Gasteiger partial charge in [-0.05, 0) is 104 Å². The van der Waals surface area contributed by atoms with Crippen LogP contribution in [0.5, 0.6) is 0 Å². The molecule has 0 aromatic heterocycles. The molecule has 4 aliphatic carbocycles. The van der Waals surface area contributed by atoms with Crippen LogP contribution >= 0.6 is 0 Å². The largest absolute Gasteiger partial charge is 0.481 e. The smallest absolute Gasteiger partial charge is 0.303 e. The summed E-state index contributed by atoms with van der Waals surface area (Å²) < 4.78 is 0. The van der Waals surface area contributed by atoms with Gasteiger partial charge in [0.1, 0.15) is 0 Å². The molecule has 0 heterocycles. The van der Waals surface area contributed by atoms with Crippen LogP contribution in [-0.2, 0) is 4.79 Å². The van der Waals surface area contributed by atoms with E-state index in [2.05, 4.69) is 20.8 Å². The van der Waals surface area contributed by atoms with Crippen molar-refractivity contribution >= 4 is 5.97 Å². The van der Waals surface area contributed by atoms with E-state index in [9.17, 15) is 15.0 Å². The second-order valence-electron chi connectivity index (χ2n) is 11.3. The fraction of sp³-hybridized carbons (Fsp3) is 0.958. The quantitative estimate of drug-likeness (QED) is 0.659. The predicted octanol–water partition coefficient (Wildman–Crippen LogP) is 4.48. The first kappa shape index (κ1) is 20.7. The van der Waals surface area contributed by atoms with E-state index in [4.69, 9.17) is 5.11 Å². The summed E-state index contributed by atoms with van der Waals surface area (Å²) in [6, 6.07) is 0. The summed E-state index contributed by atoms with van der Waals surface area (Å²) in [5.74, 6) is 2.55. The number of hydrogen-bond donors (Lipinski definition) is 3. The fourth-order valence-electron chi connectivity index (χ4n) is 8.71. The Kier molecular flexibility index (Phi) is 5.36. The monoisotopic (exact) mass is 392 g/mol. The molecule has 3 N–H and O–H groups in total. The van der Waals surface area contributed by atoms with Gasteiger partial charge >= 0.3 is 5.97 Å². The van der Waals surface area contributed by atoms with E-state index in [0.29, 0.717) is 35.5 Å². The van der Waals surface area contributed by atoms with Crippen LogP contribution in [0.4, 0.5) is 0 Å². The van der Waals surface area contributed by atoms with Gasteiger partial charge in [0.25, 0.3) is 0 Å². The van der Waals surface area contributed by atoms with Crippen LogP contribution in [-0.4, -0.2) is 33.5 Å². The minimum Gasteiger partial charge on any atom is -0.481 e. The van der Waals surface area contributed by atoms with Crippen molar-refractivity contribution in [3.63, 3.8) is 0 Å². The summed E-state index contributed by atoms with van der Waals surface area (Å²) >= 11 is 0. The van der Waals surface area contributed by atoms with Crippen LogP contribution in [0.15, 0.2) is 0 Å². The molecule has 4 rings (SSSR count). The van der Waals surface area contributed by atoms with Gasteiger partial charge in [-0.15, -0.1) is 0 Å². The molecule has 0 aliphatic heterocycles. The minimum atomic E-state index is -0.707. The highest BCUT2D eigenvalue weighted by Crippen LogP contribution is 2.68. The van der Waals surface area contributed by atoms with Crippen molar-refractivity contribution in [1.82, 2.24) is 0 Å². The molecule has 0 spiro atoms. The van der Waals surface area contributed by atoms with Gasteiger partial charge in [0.05, 0.1) is 12.2 Å². The van der Waals surface area contributed by atoms with Gasteiger partial charge in [-0.1, -0.05) is 20.8 Å². The van der Waals surface area contributed by atoms with Crippen molar-refractivity contribution in [2.24, 2.45) is 46.3 Å². The standard InChI is InChI=1S/C24H40O4/c1-14(4-9-22(27)28)18-7-8-19-17-6-5-15-12-16(25)10-11-23(15,2)20(17)13-21(26)24(18,19)3/h14-21,25-26H,4-13H2,1-3H3,(H,27,28)/t14-,15-,16-,17-,18+,19-,20-,21-,23-,24+/m0/s1. The van der Waals surface area contributed by atoms with E-state index in [1.807, 2.05) is 0 Å². The lowest BCUT2D eigenvalue weighted by atomic mass is 9.43. The molecule has 10 atom stereocenters. The van der Waals surface area contributed by atoms with Crippen LogP contribution in [0, 0.1) is 46.3 Å². The van der Waals surface area contributed by atoms with Gasteiger partial charge in [-0.25, -0.2) is 0 Å². The number of aliphatic carboxylic acids is 1. The summed E-state index contributed by atoms with van der Waals surface area (Å²) in [4.78, 5) is 11.1. The molecule has 0 amide bonds. The van der Waals surface area contributed by atoms with Crippen molar-refractivity contribution in [2.45, 2.75) is 97.2 Å². The molecule has 0 bridgehead atoms. The SMILES string of the molecule is C[C@@H](CCC(=O)O)[C@H]1CC[C@H]2[C@@H]3CC[C@H]4C[C@@H](O)CC[C@]4(C)[C@H]3C[C@H](O)[C@]12C. The van der Waals surface area contributed by atoms with Crippen molar-refractivity contribution in [3.8, 4) is 0 Å². The highest BCUT2D eigenvalue weighted by molar-refractivity contribution is 5.66. The molecule has 28 heavy (non-hydrogen) atoms. The normalized spacial score (nSPS) is 51.7. The summed E-state index contributed by atoms with van der Waals surface area (Å²) in [6.45, 7) is 6.99. The van der Waals surface area contributed by atoms with Crippen LogP contribution < -0.4 is 0 Å². The Morgan fingerprint density at radius 3 is 2.50 bits per heavy atom. The third kappa shape index (κ3) is 3.05. The lowest BCUT2D eigenvalue weighted by Gasteiger charge is -2.62. The lowest BCUT2D eigenvalue weighted by Crippen LogP contribution is -2.58. The fourth-order valence-corrected chi connectivity index (χ4v) is 8.71. The molecule has 0 aromatic carbocycles. The van der Waals surface area contributed by atoms with Crippen LogP contribution in [0.1, 0.15) is 85.0 Å². The number of rotatable bonds is 4. The first-order valence-electron chi connectivity index (χ1n) is 11.8. The third-order valence-corrected chi connectivity index (χ3v) is 10.3. The van der Waals surface area contributed by atoms with E-state index in [0.717, 1.165) is 38.5 Å². The lowest BCUT2D eigenvalue weighted by molar-refractivity contribution is -0.175. The first-order chi connectivity index (χ1) is 13.2. The number of carboxylic acids is 1. The molecule has 4 fully saturated rings. The van der Waals surface area contributed by atoms with E-state index in [1.54, 1.807) is 0 Å². The van der Waals surface area contributed by atoms with Crippen molar-refractivity contribution < 1.29 is 20.1 Å². The van der Waals surface area contributed by atoms with E-state index < -0.39 is 5.97 Å². The summed E-state index contributed by atoms with van der Waals surface area (Å²) in [5, 5.41) is 30.8. The van der Waals surface area contributed by atoms with Crippen LogP contribution in [0.2, 0.25) is 0 Å². The highest BCUT2D eigenvalue weighted by atomic mass is 16.4. The van der Waals surface area contributed by atoms with E-state index in [1.165, 1.54) is 19.3 Å². The molecular weight excluding hydrogens is 352 g/mol. The Bertz CT molecular complexity index is 605. The maximum absolute atomic E-state index is 11.5. The molecule has 4 aliphatic rings. The molecule has 0 unspecified atom stereocenters. The number of carbonyl (C=O) groups is 1. The molecule has 0 saturated heterocycles. The molecule has 4 saturated carbocycles. The number of carboxylic acid groups (broad SMARTS) is 1. The topological polar surface area (TPSA) is 77.8 Å². The van der Waals surface area contributed by atoms with Gasteiger partial charge in [-0.2, -0.15) is 0 Å². The van der Waals surface area contributed by atoms with Gasteiger partial charge in [0, 0.05) is 6.42 Å². The summed E-state index contributed by atoms with van der Waals surface area (Å²) in [6.07, 6.45) is 9.26. The van der Waals surface area contributed by atoms with Gasteiger partial charge in [0.15, 0.2) is 0 Å². The molecule has 160 valence electrons. The number of hydrogen-bond acceptors (Lipinski definition) is 3. The second kappa shape index (κ2) is 7.27. The zero-order chi connectivity index (χ0) is 20.3. The zero-order valence-electron chi connectivity index (χ0n) is 17.9. The van der Waals surface area contributed by atoms with Gasteiger partial charge in [0.2, 0.25) is 0 Å². The Hall–Kier alpha value is -0.610. The summed E-state index contributed by atoms with van der Waals surface area (Å²) in [5.41, 5.74) is 0.216. The van der Waals surface area contributed by atoms with Crippen LogP contribution in [0.25, 0.3) is 0 Å². The van der Waals surface area contributed by atoms with Crippen molar-refractivity contribution in [2.75, 3.05) is 0 Å². The third-order valence-electron chi connectivity index (χ3n) is 10.3. The average molecular weight is 393 g/mol. The average Bonchev–Trinajstić information content (AvgIpc) is 3.00. The highest BCUT2D eigenvalue weighted by Gasteiger charge is 2.63. The number of aliphatic hydroxyl groups is 2. The molecule has 4 nitrogen and oxygen atoms in total. The number of aliphatic hydroxyl groups excluding tert-OH is 2. The zero-order valence-corrected chi connectivity index (χ0v) is 17.9. The van der Waals surface area contributed by atoms with E-state index in [-0.39, 0.29) is 29.5 Å². The second-order valence-corrected chi connectivity index (χ2v) is 11.3. The van der Waals surface area contributed by atoms with Crippen molar-refractivity contribution in [3.05, 3.63) is 0 Å². The number of fused-ring (bicyclic) bond motifs is 5. The summed E-state index contributed by atoms with van der Waals surface area (Å²) in [7, 11) is 0. The minimum absolute atomic E-state index is 0.0591. The Labute approximate surface area is 170 Å². The molecule has 0 radical (unpaired) electrons. The van der Waals surface area contributed by atoms with Gasteiger partial charge < -0.3 is 15.3 Å². The maximum atomic E-state index is 11.5. The Morgan fingerprint density at radius 2 is 1.79 bits per heavy atom. The Balaban J connectivity index is 1.56. The van der Waals surface area contributed by atoms with Gasteiger partial charge in [-0.3, -0.25) is 4.79 Å². The predicted molar refractivity (Wildman–Crippen MR) is 109 cm³/mol. The molecule has 0 aromatic rings.